The second-order valence-electron chi connectivity index (χ2n) is 5.70. The summed E-state index contributed by atoms with van der Waals surface area (Å²) in [5, 5.41) is 16.4. The van der Waals surface area contributed by atoms with E-state index in [2.05, 4.69) is 15.6 Å². The minimum Gasteiger partial charge on any atom is -0.392 e. The lowest BCUT2D eigenvalue weighted by Gasteiger charge is -2.18. The van der Waals surface area contributed by atoms with Crippen molar-refractivity contribution < 1.29 is 9.50 Å². The zero-order chi connectivity index (χ0) is 18.2. The summed E-state index contributed by atoms with van der Waals surface area (Å²) in [6.45, 7) is 4.82. The number of aliphatic hydroxyl groups is 1. The second-order valence-corrected chi connectivity index (χ2v) is 6.13. The topological polar surface area (TPSA) is 56.7 Å². The molecule has 0 aromatic heterocycles. The zero-order valence-electron chi connectivity index (χ0n) is 14.8. The number of aliphatic hydroxyl groups excluding tert-OH is 1. The standard InChI is InChI=1S/C19H23ClFN3O.HI/c1-3-22-19(24-13(2)15-5-7-17(20)8-6-15)23-11-14-4-9-18(21)16(10-14)12-25;/h4-10,13,25H,3,11-12H2,1-2H3,(H2,22,23,24);1H. The van der Waals surface area contributed by atoms with Crippen LogP contribution in [0.15, 0.2) is 47.5 Å². The fourth-order valence-corrected chi connectivity index (χ4v) is 2.50. The third-order valence-corrected chi connectivity index (χ3v) is 4.02. The summed E-state index contributed by atoms with van der Waals surface area (Å²) in [7, 11) is 0. The Labute approximate surface area is 175 Å². The van der Waals surface area contributed by atoms with Gasteiger partial charge in [0.25, 0.3) is 0 Å². The predicted molar refractivity (Wildman–Crippen MR) is 116 cm³/mol. The number of hydrogen-bond acceptors (Lipinski definition) is 2. The van der Waals surface area contributed by atoms with E-state index < -0.39 is 5.82 Å². The Balaban J connectivity index is 0.00000338. The average Bonchev–Trinajstić information content (AvgIpc) is 2.61. The molecule has 3 N–H and O–H groups in total. The lowest BCUT2D eigenvalue weighted by atomic mass is 10.1. The third kappa shape index (κ3) is 6.74. The second kappa shape index (κ2) is 11.4. The van der Waals surface area contributed by atoms with E-state index >= 15 is 0 Å². The molecule has 0 radical (unpaired) electrons. The first-order chi connectivity index (χ1) is 12.0. The highest BCUT2D eigenvalue weighted by atomic mass is 127. The van der Waals surface area contributed by atoms with Gasteiger partial charge in [-0.1, -0.05) is 29.8 Å². The molecule has 0 aliphatic carbocycles. The maximum absolute atomic E-state index is 13.4. The minimum absolute atomic E-state index is 0. The van der Waals surface area contributed by atoms with Crippen LogP contribution < -0.4 is 10.6 Å². The van der Waals surface area contributed by atoms with Crippen LogP contribution in [0, 0.1) is 5.82 Å². The van der Waals surface area contributed by atoms with Crippen LogP contribution in [-0.2, 0) is 13.2 Å². The Hall–Kier alpha value is -1.38. The Morgan fingerprint density at radius 2 is 1.92 bits per heavy atom. The van der Waals surface area contributed by atoms with Crippen molar-refractivity contribution in [1.82, 2.24) is 10.6 Å². The molecule has 2 aromatic carbocycles. The number of aliphatic imine (C=N–C) groups is 1. The van der Waals surface area contributed by atoms with Gasteiger partial charge in [-0.2, -0.15) is 0 Å². The molecular weight excluding hydrogens is 468 g/mol. The van der Waals surface area contributed by atoms with E-state index in [4.69, 9.17) is 16.7 Å². The molecule has 0 amide bonds. The highest BCUT2D eigenvalue weighted by molar-refractivity contribution is 14.0. The van der Waals surface area contributed by atoms with Gasteiger partial charge in [0.05, 0.1) is 19.2 Å². The van der Waals surface area contributed by atoms with Crippen molar-refractivity contribution in [2.75, 3.05) is 6.54 Å². The number of rotatable bonds is 6. The fraction of sp³-hybridized carbons (Fsp3) is 0.316. The van der Waals surface area contributed by atoms with Crippen LogP contribution >= 0.6 is 35.6 Å². The van der Waals surface area contributed by atoms with Crippen LogP contribution in [0.4, 0.5) is 4.39 Å². The van der Waals surface area contributed by atoms with E-state index in [1.54, 1.807) is 12.1 Å². The van der Waals surface area contributed by atoms with E-state index in [1.165, 1.54) is 6.07 Å². The summed E-state index contributed by atoms with van der Waals surface area (Å²) in [5.41, 5.74) is 2.21. The molecule has 2 aromatic rings. The van der Waals surface area contributed by atoms with E-state index in [9.17, 15) is 4.39 Å². The quantitative estimate of drug-likeness (QED) is 0.319. The Morgan fingerprint density at radius 1 is 1.23 bits per heavy atom. The fourth-order valence-electron chi connectivity index (χ4n) is 2.38. The van der Waals surface area contributed by atoms with Crippen LogP contribution in [0.2, 0.25) is 5.02 Å². The molecule has 0 bridgehead atoms. The van der Waals surface area contributed by atoms with Crippen molar-refractivity contribution in [3.8, 4) is 0 Å². The molecule has 0 saturated carbocycles. The number of hydrogen-bond donors (Lipinski definition) is 3. The predicted octanol–water partition coefficient (Wildman–Crippen LogP) is 4.41. The normalized spacial score (nSPS) is 12.3. The smallest absolute Gasteiger partial charge is 0.192 e. The first-order valence-electron chi connectivity index (χ1n) is 8.22. The van der Waals surface area contributed by atoms with E-state index in [-0.39, 0.29) is 42.2 Å². The maximum Gasteiger partial charge on any atom is 0.192 e. The summed E-state index contributed by atoms with van der Waals surface area (Å²) in [5.74, 6) is 0.261. The molecule has 0 aliphatic rings. The van der Waals surface area contributed by atoms with Crippen LogP contribution in [0.1, 0.15) is 36.6 Å². The number of nitrogens with zero attached hydrogens (tertiary/aromatic N) is 1. The molecule has 0 spiro atoms. The summed E-state index contributed by atoms with van der Waals surface area (Å²) in [4.78, 5) is 4.54. The Bertz CT molecular complexity index is 725. The van der Waals surface area contributed by atoms with Gasteiger partial charge in [0.1, 0.15) is 5.82 Å². The van der Waals surface area contributed by atoms with Crippen LogP contribution in [0.5, 0.6) is 0 Å². The zero-order valence-corrected chi connectivity index (χ0v) is 17.9. The van der Waals surface area contributed by atoms with Gasteiger partial charge < -0.3 is 15.7 Å². The van der Waals surface area contributed by atoms with E-state index in [0.29, 0.717) is 17.5 Å². The van der Waals surface area contributed by atoms with Gasteiger partial charge in [-0.25, -0.2) is 9.38 Å². The van der Waals surface area contributed by atoms with Crippen molar-refractivity contribution >= 4 is 41.5 Å². The summed E-state index contributed by atoms with van der Waals surface area (Å²) < 4.78 is 13.4. The first-order valence-corrected chi connectivity index (χ1v) is 8.59. The maximum atomic E-state index is 13.4. The molecule has 1 unspecified atom stereocenters. The van der Waals surface area contributed by atoms with E-state index in [0.717, 1.165) is 17.7 Å². The minimum atomic E-state index is -0.406. The molecule has 0 saturated heterocycles. The monoisotopic (exact) mass is 491 g/mol. The highest BCUT2D eigenvalue weighted by Crippen LogP contribution is 2.16. The van der Waals surface area contributed by atoms with Gasteiger partial charge in [-0.15, -0.1) is 24.0 Å². The van der Waals surface area contributed by atoms with E-state index in [1.807, 2.05) is 38.1 Å². The SMILES string of the molecule is CCNC(=NCc1ccc(F)c(CO)c1)NC(C)c1ccc(Cl)cc1.I. The summed E-state index contributed by atoms with van der Waals surface area (Å²) in [6.07, 6.45) is 0. The van der Waals surface area contributed by atoms with Gasteiger partial charge in [-0.05, 0) is 49.2 Å². The van der Waals surface area contributed by atoms with Gasteiger partial charge in [0.2, 0.25) is 0 Å². The third-order valence-electron chi connectivity index (χ3n) is 3.77. The average molecular weight is 492 g/mol. The molecule has 2 rings (SSSR count). The van der Waals surface area contributed by atoms with Crippen molar-refractivity contribution in [3.63, 3.8) is 0 Å². The van der Waals surface area contributed by atoms with Gasteiger partial charge in [0.15, 0.2) is 5.96 Å². The first kappa shape index (κ1) is 22.7. The van der Waals surface area contributed by atoms with Crippen LogP contribution in [0.3, 0.4) is 0 Å². The van der Waals surface area contributed by atoms with Crippen LogP contribution in [-0.4, -0.2) is 17.6 Å². The largest absolute Gasteiger partial charge is 0.392 e. The van der Waals surface area contributed by atoms with Gasteiger partial charge in [0, 0.05) is 17.1 Å². The number of halogens is 3. The molecule has 0 heterocycles. The lowest BCUT2D eigenvalue weighted by Crippen LogP contribution is -2.38. The van der Waals surface area contributed by atoms with Crippen molar-refractivity contribution in [3.05, 3.63) is 70.0 Å². The number of nitrogens with one attached hydrogen (secondary N) is 2. The molecule has 26 heavy (non-hydrogen) atoms. The molecule has 1 atom stereocenters. The van der Waals surface area contributed by atoms with Crippen molar-refractivity contribution in [1.29, 1.82) is 0 Å². The van der Waals surface area contributed by atoms with Crippen molar-refractivity contribution in [2.45, 2.75) is 33.0 Å². The van der Waals surface area contributed by atoms with Crippen molar-refractivity contribution in [2.24, 2.45) is 4.99 Å². The molecule has 142 valence electrons. The highest BCUT2D eigenvalue weighted by Gasteiger charge is 2.08. The van der Waals surface area contributed by atoms with Gasteiger partial charge in [-0.3, -0.25) is 0 Å². The summed E-state index contributed by atoms with van der Waals surface area (Å²) in [6, 6.07) is 12.4. The molecule has 0 aliphatic heterocycles. The Kier molecular flexibility index (Phi) is 9.90. The van der Waals surface area contributed by atoms with Crippen LogP contribution in [0.25, 0.3) is 0 Å². The molecular formula is C19H24ClFIN3O. The molecule has 0 fully saturated rings. The number of guanidine groups is 1. The summed E-state index contributed by atoms with van der Waals surface area (Å²) >= 11 is 5.92. The number of benzene rings is 2. The molecule has 4 nitrogen and oxygen atoms in total. The van der Waals surface area contributed by atoms with Gasteiger partial charge >= 0.3 is 0 Å². The Morgan fingerprint density at radius 3 is 2.54 bits per heavy atom. The molecule has 7 heteroatoms. The lowest BCUT2D eigenvalue weighted by molar-refractivity contribution is 0.275.